The van der Waals surface area contributed by atoms with E-state index in [1.165, 1.54) is 12.1 Å². The molecule has 6 heteroatoms. The van der Waals surface area contributed by atoms with E-state index in [0.717, 1.165) is 5.56 Å². The van der Waals surface area contributed by atoms with Crippen LogP contribution in [-0.2, 0) is 11.2 Å². The molecule has 1 aromatic heterocycles. The molecular weight excluding hydrogens is 322 g/mol. The van der Waals surface area contributed by atoms with Crippen molar-refractivity contribution in [2.75, 3.05) is 6.61 Å². The van der Waals surface area contributed by atoms with Crippen molar-refractivity contribution in [3.63, 3.8) is 0 Å². The number of carboxylic acid groups (broad SMARTS) is 2. The molecule has 0 amide bonds. The zero-order valence-corrected chi connectivity index (χ0v) is 13.6. The van der Waals surface area contributed by atoms with Crippen LogP contribution in [0.1, 0.15) is 22.8 Å². The molecule has 0 spiro atoms. The average molecular weight is 339 g/mol. The molecule has 0 unspecified atom stereocenters. The first-order valence-corrected chi connectivity index (χ1v) is 7.83. The second-order valence-electron chi connectivity index (χ2n) is 5.54. The quantitative estimate of drug-likeness (QED) is 0.637. The van der Waals surface area contributed by atoms with Crippen molar-refractivity contribution in [3.05, 3.63) is 53.6 Å². The van der Waals surface area contributed by atoms with E-state index < -0.39 is 11.9 Å². The Kier molecular flexibility index (Phi) is 4.43. The van der Waals surface area contributed by atoms with E-state index in [0.29, 0.717) is 34.5 Å². The van der Waals surface area contributed by atoms with E-state index in [2.05, 4.69) is 4.98 Å². The molecule has 0 fully saturated rings. The number of carbonyl (C=O) groups is 2. The summed E-state index contributed by atoms with van der Waals surface area (Å²) in [7, 11) is 0. The van der Waals surface area contributed by atoms with E-state index in [1.54, 1.807) is 6.07 Å². The van der Waals surface area contributed by atoms with Crippen LogP contribution in [0.4, 0.5) is 0 Å². The van der Waals surface area contributed by atoms with Gasteiger partial charge in [-0.25, -0.2) is 4.79 Å². The van der Waals surface area contributed by atoms with Gasteiger partial charge >= 0.3 is 11.9 Å². The van der Waals surface area contributed by atoms with Crippen LogP contribution in [0.5, 0.6) is 5.75 Å². The Morgan fingerprint density at radius 2 is 1.88 bits per heavy atom. The van der Waals surface area contributed by atoms with Gasteiger partial charge in [-0.1, -0.05) is 12.1 Å². The number of aromatic amines is 1. The van der Waals surface area contributed by atoms with E-state index in [9.17, 15) is 19.8 Å². The van der Waals surface area contributed by atoms with Crippen molar-refractivity contribution in [2.24, 2.45) is 0 Å². The highest BCUT2D eigenvalue weighted by Gasteiger charge is 2.19. The Hall–Kier alpha value is -3.28. The highest BCUT2D eigenvalue weighted by Crippen LogP contribution is 2.36. The van der Waals surface area contributed by atoms with Crippen molar-refractivity contribution < 1.29 is 24.5 Å². The highest BCUT2D eigenvalue weighted by molar-refractivity contribution is 5.99. The van der Waals surface area contributed by atoms with E-state index in [4.69, 9.17) is 4.74 Å². The van der Waals surface area contributed by atoms with Crippen LogP contribution in [0.15, 0.2) is 42.5 Å². The van der Waals surface area contributed by atoms with Crippen LogP contribution in [0.25, 0.3) is 22.2 Å². The molecular formula is C19H17NO5. The van der Waals surface area contributed by atoms with Crippen LogP contribution < -0.4 is 4.74 Å². The lowest BCUT2D eigenvalue weighted by Crippen LogP contribution is -2.02. The Morgan fingerprint density at radius 1 is 1.12 bits per heavy atom. The molecule has 0 bridgehead atoms. The largest absolute Gasteiger partial charge is 0.493 e. The van der Waals surface area contributed by atoms with Gasteiger partial charge in [-0.2, -0.15) is 0 Å². The second kappa shape index (κ2) is 6.68. The van der Waals surface area contributed by atoms with Gasteiger partial charge in [0, 0.05) is 16.5 Å². The van der Waals surface area contributed by atoms with Crippen LogP contribution in [0, 0.1) is 0 Å². The van der Waals surface area contributed by atoms with Crippen LogP contribution in [0.2, 0.25) is 0 Å². The Balaban J connectivity index is 2.27. The first-order valence-electron chi connectivity index (χ1n) is 7.83. The lowest BCUT2D eigenvalue weighted by atomic mass is 10.0. The number of hydrogen-bond acceptors (Lipinski definition) is 3. The summed E-state index contributed by atoms with van der Waals surface area (Å²) in [5.74, 6) is -1.40. The van der Waals surface area contributed by atoms with Crippen LogP contribution in [-0.4, -0.2) is 33.7 Å². The summed E-state index contributed by atoms with van der Waals surface area (Å²) in [6, 6.07) is 12.0. The summed E-state index contributed by atoms with van der Waals surface area (Å²) in [5.41, 5.74) is 2.71. The fourth-order valence-corrected chi connectivity index (χ4v) is 2.90. The molecule has 0 radical (unpaired) electrons. The molecule has 25 heavy (non-hydrogen) atoms. The Morgan fingerprint density at radius 3 is 2.56 bits per heavy atom. The van der Waals surface area contributed by atoms with E-state index in [-0.39, 0.29) is 12.0 Å². The monoisotopic (exact) mass is 339 g/mol. The number of hydrogen-bond donors (Lipinski definition) is 3. The number of H-pyrrole nitrogens is 1. The number of aliphatic carboxylic acids is 1. The average Bonchev–Trinajstić information content (AvgIpc) is 2.93. The van der Waals surface area contributed by atoms with Gasteiger partial charge in [-0.15, -0.1) is 0 Å². The Labute approximate surface area is 143 Å². The van der Waals surface area contributed by atoms with E-state index in [1.807, 2.05) is 31.2 Å². The normalized spacial score (nSPS) is 10.8. The maximum atomic E-state index is 11.4. The molecule has 0 saturated carbocycles. The number of ether oxygens (including phenoxy) is 1. The number of fused-ring (bicyclic) bond motifs is 1. The molecule has 0 aliphatic carbocycles. The van der Waals surface area contributed by atoms with Gasteiger partial charge in [0.1, 0.15) is 5.75 Å². The fourth-order valence-electron chi connectivity index (χ4n) is 2.90. The maximum absolute atomic E-state index is 11.4. The molecule has 0 saturated heterocycles. The summed E-state index contributed by atoms with van der Waals surface area (Å²) in [6.07, 6.45) is -0.223. The molecule has 6 nitrogen and oxygen atoms in total. The number of aromatic nitrogens is 1. The van der Waals surface area contributed by atoms with Gasteiger partial charge in [0.25, 0.3) is 0 Å². The van der Waals surface area contributed by atoms with Crippen molar-refractivity contribution in [3.8, 4) is 17.0 Å². The van der Waals surface area contributed by atoms with Crippen molar-refractivity contribution in [1.29, 1.82) is 0 Å². The first kappa shape index (κ1) is 16.6. The number of benzene rings is 2. The number of carboxylic acids is 2. The van der Waals surface area contributed by atoms with E-state index >= 15 is 0 Å². The molecule has 3 N–H and O–H groups in total. The number of aromatic carboxylic acids is 1. The molecule has 3 rings (SSSR count). The van der Waals surface area contributed by atoms with Gasteiger partial charge in [0.2, 0.25) is 0 Å². The van der Waals surface area contributed by atoms with Crippen molar-refractivity contribution in [1.82, 2.24) is 4.98 Å². The Bertz CT molecular complexity index is 958. The molecule has 3 aromatic rings. The third-order valence-electron chi connectivity index (χ3n) is 3.94. The third-order valence-corrected chi connectivity index (χ3v) is 3.94. The third kappa shape index (κ3) is 3.19. The zero-order valence-electron chi connectivity index (χ0n) is 13.6. The standard InChI is InChI=1S/C19H17NO5/c1-2-25-16-6-4-3-5-12(16)18-14(10-17(21)22)13-9-11(19(23)24)7-8-15(13)20-18/h3-9,20H,2,10H2,1H3,(H,21,22)(H,23,24). The van der Waals surface area contributed by atoms with Gasteiger partial charge in [0.05, 0.1) is 24.3 Å². The van der Waals surface area contributed by atoms with Gasteiger partial charge in [-0.3, -0.25) is 4.79 Å². The second-order valence-corrected chi connectivity index (χ2v) is 5.54. The molecule has 128 valence electrons. The molecule has 2 aromatic carbocycles. The van der Waals surface area contributed by atoms with Gasteiger partial charge < -0.3 is 19.9 Å². The highest BCUT2D eigenvalue weighted by atomic mass is 16.5. The smallest absolute Gasteiger partial charge is 0.335 e. The zero-order chi connectivity index (χ0) is 18.0. The molecule has 1 heterocycles. The number of para-hydroxylation sites is 1. The minimum absolute atomic E-state index is 0.114. The van der Waals surface area contributed by atoms with Crippen molar-refractivity contribution in [2.45, 2.75) is 13.3 Å². The van der Waals surface area contributed by atoms with Gasteiger partial charge in [-0.05, 0) is 42.8 Å². The molecule has 0 aliphatic heterocycles. The predicted molar refractivity (Wildman–Crippen MR) is 93.2 cm³/mol. The molecule has 0 atom stereocenters. The minimum Gasteiger partial charge on any atom is -0.493 e. The number of rotatable bonds is 6. The first-order chi connectivity index (χ1) is 12.0. The predicted octanol–water partition coefficient (Wildman–Crippen LogP) is 3.56. The van der Waals surface area contributed by atoms with Gasteiger partial charge in [0.15, 0.2) is 0 Å². The van der Waals surface area contributed by atoms with Crippen molar-refractivity contribution >= 4 is 22.8 Å². The fraction of sp³-hybridized carbons (Fsp3) is 0.158. The topological polar surface area (TPSA) is 99.6 Å². The SMILES string of the molecule is CCOc1ccccc1-c1[nH]c2ccc(C(=O)O)cc2c1CC(=O)O. The lowest BCUT2D eigenvalue weighted by molar-refractivity contribution is -0.136. The minimum atomic E-state index is -1.05. The van der Waals surface area contributed by atoms with Crippen LogP contribution in [0.3, 0.4) is 0 Å². The maximum Gasteiger partial charge on any atom is 0.335 e. The summed E-state index contributed by atoms with van der Waals surface area (Å²) in [4.78, 5) is 25.8. The lowest BCUT2D eigenvalue weighted by Gasteiger charge is -2.10. The molecule has 0 aliphatic rings. The summed E-state index contributed by atoms with van der Waals surface area (Å²) in [5, 5.41) is 19.1. The van der Waals surface area contributed by atoms with Crippen LogP contribution >= 0.6 is 0 Å². The summed E-state index contributed by atoms with van der Waals surface area (Å²) in [6.45, 7) is 2.36. The number of nitrogens with one attached hydrogen (secondary N) is 1. The summed E-state index contributed by atoms with van der Waals surface area (Å²) >= 11 is 0. The summed E-state index contributed by atoms with van der Waals surface area (Å²) < 4.78 is 5.65.